The van der Waals surface area contributed by atoms with Crippen LogP contribution in [0.15, 0.2) is 0 Å². The number of thiol groups is 1. The highest BCUT2D eigenvalue weighted by atomic mass is 32.1. The van der Waals surface area contributed by atoms with E-state index in [0.29, 0.717) is 11.1 Å². The molecule has 1 saturated carbocycles. The lowest BCUT2D eigenvalue weighted by Gasteiger charge is -2.35. The highest BCUT2D eigenvalue weighted by molar-refractivity contribution is 7.81. The second kappa shape index (κ2) is 5.84. The van der Waals surface area contributed by atoms with Gasteiger partial charge in [-0.15, -0.1) is 0 Å². The van der Waals surface area contributed by atoms with Gasteiger partial charge in [-0.05, 0) is 44.8 Å². The summed E-state index contributed by atoms with van der Waals surface area (Å²) < 4.78 is 5.79. The average Bonchev–Trinajstić information content (AvgIpc) is 2.58. The average molecular weight is 316 g/mol. The van der Waals surface area contributed by atoms with Gasteiger partial charge in [0.05, 0.1) is 12.0 Å². The van der Waals surface area contributed by atoms with Crippen LogP contribution < -0.4 is 0 Å². The van der Waals surface area contributed by atoms with Crippen LogP contribution in [-0.2, 0) is 9.53 Å². The fraction of sp³-hybridized carbons (Fsp3) is 0.867. The third-order valence-corrected chi connectivity index (χ3v) is 5.35. The van der Waals surface area contributed by atoms with E-state index in [2.05, 4.69) is 26.5 Å². The Morgan fingerprint density at radius 2 is 2.00 bits per heavy atom. The van der Waals surface area contributed by atoms with Crippen molar-refractivity contribution in [3.63, 3.8) is 0 Å². The Morgan fingerprint density at radius 1 is 1.40 bits per heavy atom. The number of rotatable bonds is 2. The van der Waals surface area contributed by atoms with Crippen LogP contribution in [-0.4, -0.2) is 32.9 Å². The first-order valence-electron chi connectivity index (χ1n) is 7.50. The summed E-state index contributed by atoms with van der Waals surface area (Å²) in [6, 6.07) is 0.00459. The van der Waals surface area contributed by atoms with Gasteiger partial charge in [0.25, 0.3) is 5.17 Å². The Bertz CT molecular complexity index is 409. The van der Waals surface area contributed by atoms with E-state index in [-0.39, 0.29) is 23.1 Å². The zero-order valence-corrected chi connectivity index (χ0v) is 14.5. The van der Waals surface area contributed by atoms with E-state index in [0.717, 1.165) is 25.7 Å². The molecule has 5 heteroatoms. The molecule has 1 aliphatic heterocycles. The van der Waals surface area contributed by atoms with Crippen LogP contribution in [0.5, 0.6) is 0 Å². The molecule has 2 rings (SSSR count). The summed E-state index contributed by atoms with van der Waals surface area (Å²) in [5, 5.41) is 0.486. The van der Waals surface area contributed by atoms with E-state index in [1.54, 1.807) is 4.90 Å². The minimum Gasteiger partial charge on any atom is -0.462 e. The molecule has 0 spiro atoms. The molecule has 1 heterocycles. The van der Waals surface area contributed by atoms with Gasteiger partial charge in [0.2, 0.25) is 5.91 Å². The molecule has 1 saturated heterocycles. The maximum absolute atomic E-state index is 12.9. The molecular formula is C15H25NO2S2. The van der Waals surface area contributed by atoms with Gasteiger partial charge in [-0.1, -0.05) is 26.7 Å². The van der Waals surface area contributed by atoms with Crippen LogP contribution in [0.4, 0.5) is 0 Å². The van der Waals surface area contributed by atoms with Gasteiger partial charge in [-0.3, -0.25) is 9.69 Å². The zero-order valence-electron chi connectivity index (χ0n) is 12.8. The summed E-state index contributed by atoms with van der Waals surface area (Å²) in [5.74, 6) is 0.388. The van der Waals surface area contributed by atoms with E-state index < -0.39 is 5.60 Å². The number of nitrogens with zero attached hydrogens (tertiary/aromatic N) is 1. The molecule has 3 nitrogen and oxygen atoms in total. The van der Waals surface area contributed by atoms with Crippen LogP contribution in [0.2, 0.25) is 0 Å². The molecule has 114 valence electrons. The van der Waals surface area contributed by atoms with Crippen molar-refractivity contribution in [3.05, 3.63) is 0 Å². The smallest absolute Gasteiger partial charge is 0.267 e. The summed E-state index contributed by atoms with van der Waals surface area (Å²) in [4.78, 5) is 14.7. The zero-order chi connectivity index (χ0) is 15.1. The number of carbonyl (C=O) groups is 1. The van der Waals surface area contributed by atoms with Crippen molar-refractivity contribution in [2.75, 3.05) is 0 Å². The summed E-state index contributed by atoms with van der Waals surface area (Å²) in [7, 11) is 0. The van der Waals surface area contributed by atoms with Gasteiger partial charge >= 0.3 is 0 Å². The summed E-state index contributed by atoms with van der Waals surface area (Å²) in [5.41, 5.74) is -0.415. The van der Waals surface area contributed by atoms with Crippen LogP contribution in [0, 0.1) is 11.8 Å². The lowest BCUT2D eigenvalue weighted by atomic mass is 9.85. The first-order valence-corrected chi connectivity index (χ1v) is 8.42. The Labute approximate surface area is 132 Å². The monoisotopic (exact) mass is 315 g/mol. The molecule has 0 aromatic heterocycles. The summed E-state index contributed by atoms with van der Waals surface area (Å²) >= 11 is 9.94. The number of hydrogen-bond donors (Lipinski definition) is 1. The number of ether oxygens (including phenoxy) is 1. The van der Waals surface area contributed by atoms with Crippen molar-refractivity contribution in [3.8, 4) is 0 Å². The first-order chi connectivity index (χ1) is 9.25. The van der Waals surface area contributed by atoms with Gasteiger partial charge < -0.3 is 4.74 Å². The van der Waals surface area contributed by atoms with E-state index in [9.17, 15) is 4.79 Å². The molecule has 1 amide bonds. The van der Waals surface area contributed by atoms with Gasteiger partial charge in [-0.25, -0.2) is 0 Å². The quantitative estimate of drug-likeness (QED) is 0.625. The Hall–Kier alpha value is -0.290. The topological polar surface area (TPSA) is 29.5 Å². The van der Waals surface area contributed by atoms with Crippen molar-refractivity contribution in [2.24, 2.45) is 11.8 Å². The molecule has 0 aromatic rings. The molecule has 0 N–H and O–H groups in total. The number of carbonyl (C=O) groups excluding carboxylic acids is 1. The Balaban J connectivity index is 2.25. The maximum atomic E-state index is 12.9. The fourth-order valence-electron chi connectivity index (χ4n) is 3.66. The highest BCUT2D eigenvalue weighted by Gasteiger charge is 2.51. The van der Waals surface area contributed by atoms with Gasteiger partial charge in [0.15, 0.2) is 0 Å². The molecule has 0 radical (unpaired) electrons. The number of thiocarbonyl (C=S) groups is 1. The third-order valence-electron chi connectivity index (χ3n) is 4.45. The minimum absolute atomic E-state index is 0.00459. The van der Waals surface area contributed by atoms with Gasteiger partial charge in [0.1, 0.15) is 5.60 Å². The largest absolute Gasteiger partial charge is 0.462 e. The standard InChI is InChI=1S/C15H25NO2S2/c1-9(2)12-15(3,4)18-14(20)16(12)13(17)10-7-5-6-8-11(10)19/h9-12,19H,5-8H2,1-4H3/t10-,11-,12+/m1/s1. The van der Waals surface area contributed by atoms with Gasteiger partial charge in [-0.2, -0.15) is 12.6 Å². The minimum atomic E-state index is -0.415. The third kappa shape index (κ3) is 2.84. The van der Waals surface area contributed by atoms with Crippen LogP contribution >= 0.6 is 24.8 Å². The van der Waals surface area contributed by atoms with Crippen LogP contribution in [0.25, 0.3) is 0 Å². The van der Waals surface area contributed by atoms with E-state index in [1.807, 2.05) is 13.8 Å². The number of amides is 1. The molecule has 2 fully saturated rings. The van der Waals surface area contributed by atoms with Crippen molar-refractivity contribution in [1.29, 1.82) is 0 Å². The van der Waals surface area contributed by atoms with Crippen molar-refractivity contribution in [2.45, 2.75) is 70.3 Å². The van der Waals surface area contributed by atoms with Gasteiger partial charge in [0, 0.05) is 5.25 Å². The predicted molar refractivity (Wildman–Crippen MR) is 88.0 cm³/mol. The van der Waals surface area contributed by atoms with Crippen molar-refractivity contribution >= 4 is 35.9 Å². The van der Waals surface area contributed by atoms with Crippen LogP contribution in [0.3, 0.4) is 0 Å². The second-order valence-electron chi connectivity index (χ2n) is 6.83. The molecule has 3 atom stereocenters. The summed E-state index contributed by atoms with van der Waals surface area (Å²) in [6.07, 6.45) is 4.19. The summed E-state index contributed by atoms with van der Waals surface area (Å²) in [6.45, 7) is 8.25. The second-order valence-corrected chi connectivity index (χ2v) is 7.84. The predicted octanol–water partition coefficient (Wildman–Crippen LogP) is 3.42. The van der Waals surface area contributed by atoms with Crippen LogP contribution in [0.1, 0.15) is 53.4 Å². The maximum Gasteiger partial charge on any atom is 0.267 e. The SMILES string of the molecule is CC(C)[C@@H]1N(C(=O)[C@@H]2CCCC[C@H]2S)C(=S)OC1(C)C. The lowest BCUT2D eigenvalue weighted by molar-refractivity contribution is -0.134. The molecule has 20 heavy (non-hydrogen) atoms. The Kier molecular flexibility index (Phi) is 4.69. The molecule has 1 aliphatic carbocycles. The lowest BCUT2D eigenvalue weighted by Crippen LogP contribution is -2.51. The Morgan fingerprint density at radius 3 is 2.55 bits per heavy atom. The van der Waals surface area contributed by atoms with Crippen molar-refractivity contribution in [1.82, 2.24) is 4.90 Å². The molecule has 2 aliphatic rings. The normalized spacial score (nSPS) is 33.4. The van der Waals surface area contributed by atoms with E-state index in [4.69, 9.17) is 17.0 Å². The fourth-order valence-corrected chi connectivity index (χ4v) is 4.54. The number of hydrogen-bond acceptors (Lipinski definition) is 4. The van der Waals surface area contributed by atoms with Crippen molar-refractivity contribution < 1.29 is 9.53 Å². The molecular weight excluding hydrogens is 290 g/mol. The van der Waals surface area contributed by atoms with E-state index >= 15 is 0 Å². The van der Waals surface area contributed by atoms with E-state index in [1.165, 1.54) is 0 Å². The molecule has 0 bridgehead atoms. The highest BCUT2D eigenvalue weighted by Crippen LogP contribution is 2.38. The molecule has 0 unspecified atom stereocenters. The first kappa shape index (κ1) is 16.1. The molecule has 0 aromatic carbocycles.